The Balaban J connectivity index is 1.73. The van der Waals surface area contributed by atoms with Crippen molar-refractivity contribution in [1.82, 2.24) is 4.90 Å². The number of aryl methyl sites for hydroxylation is 1. The standard InChI is InChI=1S/C18H25NO4/c1-23-14-6-5-12-3-2-4-13(15(12)9-14)10-19-8-7-17(20)16(11-19)18(21)22/h5-6,9,13,16-17,20H,2-4,7-8,10-11H2,1H3,(H,21,22). The van der Waals surface area contributed by atoms with Crippen molar-refractivity contribution in [3.63, 3.8) is 0 Å². The van der Waals surface area contributed by atoms with Crippen LogP contribution in [-0.2, 0) is 11.2 Å². The molecule has 1 saturated heterocycles. The summed E-state index contributed by atoms with van der Waals surface area (Å²) in [6.07, 6.45) is 3.21. The highest BCUT2D eigenvalue weighted by Gasteiger charge is 2.34. The second-order valence-corrected chi connectivity index (χ2v) is 6.71. The Morgan fingerprint density at radius 3 is 2.96 bits per heavy atom. The average molecular weight is 319 g/mol. The Morgan fingerprint density at radius 1 is 1.39 bits per heavy atom. The van der Waals surface area contributed by atoms with Crippen LogP contribution < -0.4 is 4.74 Å². The fraction of sp³-hybridized carbons (Fsp3) is 0.611. The van der Waals surface area contributed by atoms with Gasteiger partial charge in [0.25, 0.3) is 0 Å². The zero-order valence-corrected chi connectivity index (χ0v) is 13.6. The highest BCUT2D eigenvalue weighted by Crippen LogP contribution is 2.35. The third kappa shape index (κ3) is 3.51. The number of aliphatic hydroxyl groups is 1. The summed E-state index contributed by atoms with van der Waals surface area (Å²) < 4.78 is 5.36. The van der Waals surface area contributed by atoms with E-state index in [2.05, 4.69) is 17.0 Å². The number of likely N-dealkylation sites (tertiary alicyclic amines) is 1. The van der Waals surface area contributed by atoms with Gasteiger partial charge in [-0.25, -0.2) is 0 Å². The molecular weight excluding hydrogens is 294 g/mol. The number of hydrogen-bond acceptors (Lipinski definition) is 4. The van der Waals surface area contributed by atoms with E-state index in [4.69, 9.17) is 4.74 Å². The first-order valence-electron chi connectivity index (χ1n) is 8.38. The molecule has 1 aromatic carbocycles. The molecule has 1 aliphatic carbocycles. The lowest BCUT2D eigenvalue weighted by Crippen LogP contribution is -2.47. The summed E-state index contributed by atoms with van der Waals surface area (Å²) in [6.45, 7) is 2.06. The van der Waals surface area contributed by atoms with Crippen LogP contribution >= 0.6 is 0 Å². The maximum Gasteiger partial charge on any atom is 0.310 e. The average Bonchev–Trinajstić information content (AvgIpc) is 2.56. The number of methoxy groups -OCH3 is 1. The third-order valence-corrected chi connectivity index (χ3v) is 5.25. The molecule has 0 aromatic heterocycles. The van der Waals surface area contributed by atoms with Crippen molar-refractivity contribution >= 4 is 5.97 Å². The molecule has 126 valence electrons. The lowest BCUT2D eigenvalue weighted by molar-refractivity contribution is -0.148. The van der Waals surface area contributed by atoms with Gasteiger partial charge in [-0.2, -0.15) is 0 Å². The number of carbonyl (C=O) groups is 1. The van der Waals surface area contributed by atoms with E-state index < -0.39 is 18.0 Å². The van der Waals surface area contributed by atoms with Gasteiger partial charge < -0.3 is 19.8 Å². The predicted molar refractivity (Wildman–Crippen MR) is 86.9 cm³/mol. The molecule has 0 amide bonds. The van der Waals surface area contributed by atoms with Gasteiger partial charge in [-0.05, 0) is 54.9 Å². The monoisotopic (exact) mass is 319 g/mol. The van der Waals surface area contributed by atoms with Crippen LogP contribution in [0.1, 0.15) is 36.3 Å². The lowest BCUT2D eigenvalue weighted by Gasteiger charge is -2.37. The van der Waals surface area contributed by atoms with Gasteiger partial charge in [0.2, 0.25) is 0 Å². The van der Waals surface area contributed by atoms with E-state index in [0.717, 1.165) is 31.7 Å². The van der Waals surface area contributed by atoms with Crippen molar-refractivity contribution in [2.24, 2.45) is 5.92 Å². The SMILES string of the molecule is COc1ccc2c(c1)C(CN1CCC(O)C(C(=O)O)C1)CCC2. The van der Waals surface area contributed by atoms with Gasteiger partial charge in [0.15, 0.2) is 0 Å². The minimum atomic E-state index is -0.895. The summed E-state index contributed by atoms with van der Waals surface area (Å²) in [5, 5.41) is 19.1. The number of aliphatic carboxylic acids is 1. The number of aliphatic hydroxyl groups excluding tert-OH is 1. The fourth-order valence-electron chi connectivity index (χ4n) is 3.92. The van der Waals surface area contributed by atoms with E-state index in [1.54, 1.807) is 7.11 Å². The Morgan fingerprint density at radius 2 is 2.22 bits per heavy atom. The summed E-state index contributed by atoms with van der Waals surface area (Å²) >= 11 is 0. The molecule has 5 nitrogen and oxygen atoms in total. The number of hydrogen-bond donors (Lipinski definition) is 2. The number of ether oxygens (including phenoxy) is 1. The summed E-state index contributed by atoms with van der Waals surface area (Å²) in [6, 6.07) is 6.30. The molecule has 0 bridgehead atoms. The minimum absolute atomic E-state index is 0.415. The molecule has 3 atom stereocenters. The highest BCUT2D eigenvalue weighted by molar-refractivity contribution is 5.71. The molecule has 1 fully saturated rings. The van der Waals surface area contributed by atoms with Gasteiger partial charge in [0, 0.05) is 19.6 Å². The Kier molecular flexibility index (Phi) is 4.87. The van der Waals surface area contributed by atoms with Gasteiger partial charge in [-0.15, -0.1) is 0 Å². The topological polar surface area (TPSA) is 70.0 Å². The molecule has 1 aromatic rings. The van der Waals surface area contributed by atoms with E-state index in [-0.39, 0.29) is 0 Å². The second kappa shape index (κ2) is 6.89. The summed E-state index contributed by atoms with van der Waals surface area (Å²) in [4.78, 5) is 13.5. The minimum Gasteiger partial charge on any atom is -0.497 e. The van der Waals surface area contributed by atoms with Crippen LogP contribution in [0.4, 0.5) is 0 Å². The smallest absolute Gasteiger partial charge is 0.310 e. The van der Waals surface area contributed by atoms with Crippen molar-refractivity contribution in [2.45, 2.75) is 37.7 Å². The highest BCUT2D eigenvalue weighted by atomic mass is 16.5. The molecule has 2 aliphatic rings. The van der Waals surface area contributed by atoms with E-state index >= 15 is 0 Å². The van der Waals surface area contributed by atoms with E-state index in [0.29, 0.717) is 18.9 Å². The maximum atomic E-state index is 11.3. The molecule has 2 N–H and O–H groups in total. The van der Waals surface area contributed by atoms with Crippen LogP contribution in [0.25, 0.3) is 0 Å². The van der Waals surface area contributed by atoms with Crippen LogP contribution in [0, 0.1) is 5.92 Å². The number of nitrogens with zero attached hydrogens (tertiary/aromatic N) is 1. The molecule has 0 spiro atoms. The predicted octanol–water partition coefficient (Wildman–Crippen LogP) is 1.88. The first-order chi connectivity index (χ1) is 11.1. The normalized spacial score (nSPS) is 28.2. The number of fused-ring (bicyclic) bond motifs is 1. The molecule has 0 saturated carbocycles. The van der Waals surface area contributed by atoms with E-state index in [1.807, 2.05) is 6.07 Å². The molecule has 5 heteroatoms. The number of rotatable bonds is 4. The third-order valence-electron chi connectivity index (χ3n) is 5.25. The summed E-state index contributed by atoms with van der Waals surface area (Å²) in [5.41, 5.74) is 2.72. The second-order valence-electron chi connectivity index (χ2n) is 6.71. The van der Waals surface area contributed by atoms with Crippen LogP contribution in [0.2, 0.25) is 0 Å². The summed E-state index contributed by atoms with van der Waals surface area (Å²) in [7, 11) is 1.68. The Bertz CT molecular complexity index is 574. The van der Waals surface area contributed by atoms with Gasteiger partial charge in [-0.1, -0.05) is 6.07 Å². The van der Waals surface area contributed by atoms with Crippen LogP contribution in [0.15, 0.2) is 18.2 Å². The lowest BCUT2D eigenvalue weighted by atomic mass is 9.82. The zero-order valence-electron chi connectivity index (χ0n) is 13.6. The molecule has 3 unspecified atom stereocenters. The molecular formula is C18H25NO4. The van der Waals surface area contributed by atoms with Crippen molar-refractivity contribution in [3.05, 3.63) is 29.3 Å². The maximum absolute atomic E-state index is 11.3. The first-order valence-corrected chi connectivity index (χ1v) is 8.38. The van der Waals surface area contributed by atoms with Crippen molar-refractivity contribution in [2.75, 3.05) is 26.7 Å². The van der Waals surface area contributed by atoms with Crippen molar-refractivity contribution in [1.29, 1.82) is 0 Å². The molecule has 3 rings (SSSR count). The van der Waals surface area contributed by atoms with Crippen LogP contribution in [0.5, 0.6) is 5.75 Å². The Hall–Kier alpha value is -1.59. The van der Waals surface area contributed by atoms with Gasteiger partial charge in [0.1, 0.15) is 5.75 Å². The van der Waals surface area contributed by atoms with Gasteiger partial charge in [-0.3, -0.25) is 4.79 Å². The number of piperidine rings is 1. The first kappa shape index (κ1) is 16.3. The van der Waals surface area contributed by atoms with Crippen LogP contribution in [0.3, 0.4) is 0 Å². The van der Waals surface area contributed by atoms with E-state index in [9.17, 15) is 15.0 Å². The molecule has 1 heterocycles. The largest absolute Gasteiger partial charge is 0.497 e. The van der Waals surface area contributed by atoms with Crippen molar-refractivity contribution in [3.8, 4) is 5.75 Å². The fourth-order valence-corrected chi connectivity index (χ4v) is 3.92. The quantitative estimate of drug-likeness (QED) is 0.887. The molecule has 0 radical (unpaired) electrons. The zero-order chi connectivity index (χ0) is 16.4. The van der Waals surface area contributed by atoms with Crippen LogP contribution in [-0.4, -0.2) is 53.9 Å². The number of carboxylic acids is 1. The van der Waals surface area contributed by atoms with Gasteiger partial charge >= 0.3 is 5.97 Å². The molecule has 1 aliphatic heterocycles. The van der Waals surface area contributed by atoms with Gasteiger partial charge in [0.05, 0.1) is 19.1 Å². The number of carboxylic acid groups (broad SMARTS) is 1. The van der Waals surface area contributed by atoms with Crippen molar-refractivity contribution < 1.29 is 19.7 Å². The Labute approximate surface area is 136 Å². The molecule has 23 heavy (non-hydrogen) atoms. The summed E-state index contributed by atoms with van der Waals surface area (Å²) in [5.74, 6) is -0.267. The number of benzene rings is 1. The van der Waals surface area contributed by atoms with E-state index in [1.165, 1.54) is 17.5 Å².